The van der Waals surface area contributed by atoms with E-state index in [1.54, 1.807) is 12.3 Å². The Hall–Kier alpha value is -2.76. The molecule has 25 heavy (non-hydrogen) atoms. The van der Waals surface area contributed by atoms with Gasteiger partial charge in [0.15, 0.2) is 0 Å². The molecule has 0 saturated heterocycles. The molecule has 1 unspecified atom stereocenters. The fraction of sp³-hybridized carbons (Fsp3) is 0.368. The number of imidazole rings is 1. The van der Waals surface area contributed by atoms with Crippen LogP contribution in [0.1, 0.15) is 24.3 Å². The monoisotopic (exact) mass is 341 g/mol. The number of aryl methyl sites for hydroxylation is 1. The zero-order chi connectivity index (χ0) is 17.6. The number of nitrogens with zero attached hydrogens (tertiary/aromatic N) is 3. The lowest BCUT2D eigenvalue weighted by molar-refractivity contribution is -0.136. The molecule has 0 spiro atoms. The predicted molar refractivity (Wildman–Crippen MR) is 96.2 cm³/mol. The number of carboxylic acids is 1. The Morgan fingerprint density at radius 3 is 3.04 bits per heavy atom. The van der Waals surface area contributed by atoms with Gasteiger partial charge in [0.2, 0.25) is 0 Å². The van der Waals surface area contributed by atoms with Crippen molar-refractivity contribution in [2.75, 3.05) is 24.6 Å². The molecule has 1 aliphatic heterocycles. The fourth-order valence-electron chi connectivity index (χ4n) is 3.27. The Kier molecular flexibility index (Phi) is 5.38. The molecule has 0 saturated carbocycles. The third kappa shape index (κ3) is 4.21. The SMILES string of the molecule is C=CCOc1ccc2c(c1)C(CCn1ccnc1)CN2CCC(=O)O. The van der Waals surface area contributed by atoms with E-state index in [4.69, 9.17) is 9.84 Å². The minimum atomic E-state index is -0.769. The summed E-state index contributed by atoms with van der Waals surface area (Å²) in [6.07, 6.45) is 8.40. The lowest BCUT2D eigenvalue weighted by Crippen LogP contribution is -2.25. The lowest BCUT2D eigenvalue weighted by atomic mass is 9.97. The van der Waals surface area contributed by atoms with Gasteiger partial charge in [0, 0.05) is 43.6 Å². The van der Waals surface area contributed by atoms with Gasteiger partial charge < -0.3 is 19.3 Å². The average molecular weight is 341 g/mol. The van der Waals surface area contributed by atoms with Gasteiger partial charge in [-0.05, 0) is 30.2 Å². The van der Waals surface area contributed by atoms with Crippen molar-refractivity contribution >= 4 is 11.7 Å². The number of carbonyl (C=O) groups is 1. The summed E-state index contributed by atoms with van der Waals surface area (Å²) in [5.74, 6) is 0.402. The molecule has 3 rings (SSSR count). The Balaban J connectivity index is 1.76. The van der Waals surface area contributed by atoms with Crippen molar-refractivity contribution in [3.05, 3.63) is 55.1 Å². The van der Waals surface area contributed by atoms with E-state index in [-0.39, 0.29) is 6.42 Å². The molecule has 0 radical (unpaired) electrons. The molecule has 1 atom stereocenters. The van der Waals surface area contributed by atoms with Crippen molar-refractivity contribution in [2.45, 2.75) is 25.3 Å². The largest absolute Gasteiger partial charge is 0.490 e. The first-order valence-electron chi connectivity index (χ1n) is 8.47. The van der Waals surface area contributed by atoms with Gasteiger partial charge >= 0.3 is 5.97 Å². The van der Waals surface area contributed by atoms with Crippen LogP contribution in [0.4, 0.5) is 5.69 Å². The standard InChI is InChI=1S/C19H23N3O3/c1-2-11-25-16-3-4-18-17(12-16)15(5-8-21-10-7-20-14-21)13-22(18)9-6-19(23)24/h2-4,7,10,12,14-15H,1,5-6,8-9,11,13H2,(H,23,24). The number of rotatable bonds is 9. The maximum atomic E-state index is 10.9. The van der Waals surface area contributed by atoms with Crippen LogP contribution in [0, 0.1) is 0 Å². The van der Waals surface area contributed by atoms with Crippen molar-refractivity contribution in [2.24, 2.45) is 0 Å². The highest BCUT2D eigenvalue weighted by atomic mass is 16.5. The van der Waals surface area contributed by atoms with Crippen LogP contribution in [-0.4, -0.2) is 40.3 Å². The van der Waals surface area contributed by atoms with Gasteiger partial charge in [-0.15, -0.1) is 0 Å². The Bertz CT molecular complexity index is 728. The van der Waals surface area contributed by atoms with Gasteiger partial charge in [0.05, 0.1) is 12.7 Å². The predicted octanol–water partition coefficient (Wildman–Crippen LogP) is 2.92. The average Bonchev–Trinajstić information content (AvgIpc) is 3.24. The molecule has 2 aromatic rings. The Morgan fingerprint density at radius 2 is 2.32 bits per heavy atom. The van der Waals surface area contributed by atoms with Crippen LogP contribution in [0.5, 0.6) is 5.75 Å². The molecule has 6 heteroatoms. The number of ether oxygens (including phenoxy) is 1. The van der Waals surface area contributed by atoms with Gasteiger partial charge in [0.1, 0.15) is 12.4 Å². The van der Waals surface area contributed by atoms with Crippen LogP contribution in [0.3, 0.4) is 0 Å². The van der Waals surface area contributed by atoms with E-state index in [1.165, 1.54) is 5.56 Å². The number of carboxylic acid groups (broad SMARTS) is 1. The van der Waals surface area contributed by atoms with Gasteiger partial charge in [0.25, 0.3) is 0 Å². The number of aromatic nitrogens is 2. The van der Waals surface area contributed by atoms with Crippen molar-refractivity contribution < 1.29 is 14.6 Å². The van der Waals surface area contributed by atoms with E-state index >= 15 is 0 Å². The van der Waals surface area contributed by atoms with Gasteiger partial charge in [-0.2, -0.15) is 0 Å². The van der Waals surface area contributed by atoms with E-state index in [1.807, 2.05) is 24.7 Å². The first-order chi connectivity index (χ1) is 12.2. The molecule has 2 heterocycles. The zero-order valence-electron chi connectivity index (χ0n) is 14.2. The second-order valence-electron chi connectivity index (χ2n) is 6.20. The van der Waals surface area contributed by atoms with Crippen LogP contribution in [0.25, 0.3) is 0 Å². The molecule has 0 bridgehead atoms. The van der Waals surface area contributed by atoms with E-state index in [2.05, 4.69) is 27.1 Å². The molecule has 0 aliphatic carbocycles. The van der Waals surface area contributed by atoms with Crippen LogP contribution >= 0.6 is 0 Å². The van der Waals surface area contributed by atoms with Crippen LogP contribution in [-0.2, 0) is 11.3 Å². The lowest BCUT2D eigenvalue weighted by Gasteiger charge is -2.19. The number of anilines is 1. The molecule has 1 aromatic heterocycles. The highest BCUT2D eigenvalue weighted by molar-refractivity contribution is 5.69. The number of aliphatic carboxylic acids is 1. The Morgan fingerprint density at radius 1 is 1.44 bits per heavy atom. The fourth-order valence-corrected chi connectivity index (χ4v) is 3.27. The van der Waals surface area contributed by atoms with Crippen LogP contribution in [0.15, 0.2) is 49.6 Å². The quantitative estimate of drug-likeness (QED) is 0.710. The number of hydrogen-bond donors (Lipinski definition) is 1. The second-order valence-corrected chi connectivity index (χ2v) is 6.20. The van der Waals surface area contributed by atoms with E-state index in [0.29, 0.717) is 19.1 Å². The zero-order valence-corrected chi connectivity index (χ0v) is 14.2. The normalized spacial score (nSPS) is 15.8. The van der Waals surface area contributed by atoms with Crippen molar-refractivity contribution in [1.29, 1.82) is 0 Å². The molecule has 1 N–H and O–H groups in total. The first-order valence-corrected chi connectivity index (χ1v) is 8.47. The smallest absolute Gasteiger partial charge is 0.305 e. The van der Waals surface area contributed by atoms with Gasteiger partial charge in [-0.3, -0.25) is 4.79 Å². The summed E-state index contributed by atoms with van der Waals surface area (Å²) in [5.41, 5.74) is 2.34. The van der Waals surface area contributed by atoms with E-state index in [9.17, 15) is 4.79 Å². The molecular formula is C19H23N3O3. The summed E-state index contributed by atoms with van der Waals surface area (Å²) in [5, 5.41) is 8.99. The summed E-state index contributed by atoms with van der Waals surface area (Å²) in [4.78, 5) is 17.2. The first kappa shape index (κ1) is 17.1. The summed E-state index contributed by atoms with van der Waals surface area (Å²) in [6, 6.07) is 6.05. The minimum Gasteiger partial charge on any atom is -0.490 e. The van der Waals surface area contributed by atoms with Gasteiger partial charge in [-0.25, -0.2) is 4.98 Å². The second kappa shape index (κ2) is 7.88. The molecule has 0 amide bonds. The van der Waals surface area contributed by atoms with Crippen LogP contribution in [0.2, 0.25) is 0 Å². The number of hydrogen-bond acceptors (Lipinski definition) is 4. The van der Waals surface area contributed by atoms with Crippen molar-refractivity contribution in [3.8, 4) is 5.75 Å². The summed E-state index contributed by atoms with van der Waals surface area (Å²) >= 11 is 0. The topological polar surface area (TPSA) is 67.6 Å². The summed E-state index contributed by atoms with van der Waals surface area (Å²) in [7, 11) is 0. The molecule has 0 fully saturated rings. The molecule has 1 aromatic carbocycles. The van der Waals surface area contributed by atoms with Gasteiger partial charge in [-0.1, -0.05) is 12.7 Å². The molecule has 6 nitrogen and oxygen atoms in total. The third-order valence-corrected chi connectivity index (χ3v) is 4.48. The Labute approximate surface area is 147 Å². The maximum absolute atomic E-state index is 10.9. The van der Waals surface area contributed by atoms with E-state index in [0.717, 1.165) is 30.9 Å². The summed E-state index contributed by atoms with van der Waals surface area (Å²) < 4.78 is 7.73. The third-order valence-electron chi connectivity index (χ3n) is 4.48. The molecule has 1 aliphatic rings. The van der Waals surface area contributed by atoms with Crippen LogP contribution < -0.4 is 9.64 Å². The minimum absolute atomic E-state index is 0.141. The van der Waals surface area contributed by atoms with Crippen molar-refractivity contribution in [3.63, 3.8) is 0 Å². The number of benzene rings is 1. The molecule has 132 valence electrons. The number of fused-ring (bicyclic) bond motifs is 1. The molecular weight excluding hydrogens is 318 g/mol. The summed E-state index contributed by atoms with van der Waals surface area (Å²) in [6.45, 7) is 6.39. The maximum Gasteiger partial charge on any atom is 0.305 e. The highest BCUT2D eigenvalue weighted by Gasteiger charge is 2.29. The van der Waals surface area contributed by atoms with E-state index < -0.39 is 5.97 Å². The van der Waals surface area contributed by atoms with Crippen molar-refractivity contribution in [1.82, 2.24) is 9.55 Å². The highest BCUT2D eigenvalue weighted by Crippen LogP contribution is 2.40.